The molecule has 2 aromatic carbocycles. The fourth-order valence-corrected chi connectivity index (χ4v) is 7.16. The van der Waals surface area contributed by atoms with E-state index in [9.17, 15) is 17.6 Å². The number of hydrogen-bond donors (Lipinski definition) is 0. The van der Waals surface area contributed by atoms with Crippen LogP contribution in [0, 0.1) is 5.82 Å². The number of nitrogens with zero attached hydrogens (tertiary/aromatic N) is 1. The molecule has 0 bridgehead atoms. The highest BCUT2D eigenvalue weighted by Crippen LogP contribution is 2.33. The highest BCUT2D eigenvalue weighted by molar-refractivity contribution is 7.91. The minimum absolute atomic E-state index is 0.0867. The van der Waals surface area contributed by atoms with E-state index in [0.717, 1.165) is 22.5 Å². The van der Waals surface area contributed by atoms with Crippen LogP contribution in [0.25, 0.3) is 0 Å². The van der Waals surface area contributed by atoms with Gasteiger partial charge >= 0.3 is 0 Å². The number of sulfonamides is 1. The summed E-state index contributed by atoms with van der Waals surface area (Å²) in [5.41, 5.74) is 1.78. The molecule has 0 amide bonds. The third-order valence-corrected chi connectivity index (χ3v) is 9.17. The number of aryl methyl sites for hydroxylation is 1. The first-order chi connectivity index (χ1) is 15.8. The van der Waals surface area contributed by atoms with Crippen LogP contribution in [-0.4, -0.2) is 31.1 Å². The number of Topliss-reactive ketones (excluding diaryl/α,β-unsaturated/α-hetero) is 1. The molecule has 1 fully saturated rings. The Balaban J connectivity index is 1.36. The Labute approximate surface area is 201 Å². The maximum atomic E-state index is 13.0. The van der Waals surface area contributed by atoms with Gasteiger partial charge in [-0.15, -0.1) is 11.3 Å². The van der Waals surface area contributed by atoms with Gasteiger partial charge in [-0.2, -0.15) is 4.31 Å². The predicted molar refractivity (Wildman–Crippen MR) is 127 cm³/mol. The Morgan fingerprint density at radius 2 is 1.91 bits per heavy atom. The van der Waals surface area contributed by atoms with E-state index in [1.807, 2.05) is 24.3 Å². The molecule has 0 radical (unpaired) electrons. The van der Waals surface area contributed by atoms with E-state index in [1.165, 1.54) is 22.5 Å². The molecule has 0 aliphatic carbocycles. The molecule has 1 aliphatic rings. The van der Waals surface area contributed by atoms with Crippen LogP contribution in [0.3, 0.4) is 0 Å². The number of ketones is 1. The standard InChI is InChI=1S/C24H23ClFNO4S2/c25-23-12-13-24(32-23)33(29,30)27-14-2-5-21(27)22(28)11-8-17-3-1-4-20(15-17)31-16-18-6-9-19(26)10-7-18/h1,3-4,6-7,9-10,12-13,15,21H,2,5,8,11,14,16H2/t21-/m0/s1. The smallest absolute Gasteiger partial charge is 0.253 e. The Morgan fingerprint density at radius 1 is 1.12 bits per heavy atom. The van der Waals surface area contributed by atoms with Gasteiger partial charge in [0.2, 0.25) is 0 Å². The molecule has 5 nitrogen and oxygen atoms in total. The normalized spacial score (nSPS) is 16.7. The monoisotopic (exact) mass is 507 g/mol. The predicted octanol–water partition coefficient (Wildman–Crippen LogP) is 5.47. The molecule has 33 heavy (non-hydrogen) atoms. The van der Waals surface area contributed by atoms with Gasteiger partial charge in [0, 0.05) is 13.0 Å². The lowest BCUT2D eigenvalue weighted by molar-refractivity contribution is -0.122. The van der Waals surface area contributed by atoms with E-state index in [-0.39, 0.29) is 22.2 Å². The van der Waals surface area contributed by atoms with Crippen molar-refractivity contribution < 1.29 is 22.3 Å². The highest BCUT2D eigenvalue weighted by Gasteiger charge is 2.39. The maximum absolute atomic E-state index is 13.0. The number of ether oxygens (including phenoxy) is 1. The average Bonchev–Trinajstić information content (AvgIpc) is 3.48. The zero-order valence-electron chi connectivity index (χ0n) is 17.7. The first-order valence-electron chi connectivity index (χ1n) is 10.6. The van der Waals surface area contributed by atoms with E-state index in [1.54, 1.807) is 18.2 Å². The van der Waals surface area contributed by atoms with Crippen molar-refractivity contribution in [2.45, 2.75) is 42.5 Å². The lowest BCUT2D eigenvalue weighted by Gasteiger charge is -2.22. The third kappa shape index (κ3) is 5.81. The molecule has 1 atom stereocenters. The van der Waals surface area contributed by atoms with Crippen molar-refractivity contribution in [3.8, 4) is 5.75 Å². The van der Waals surface area contributed by atoms with Crippen molar-refractivity contribution in [3.63, 3.8) is 0 Å². The molecule has 1 saturated heterocycles. The van der Waals surface area contributed by atoms with E-state index < -0.39 is 16.1 Å². The Morgan fingerprint density at radius 3 is 2.64 bits per heavy atom. The summed E-state index contributed by atoms with van der Waals surface area (Å²) in [4.78, 5) is 12.9. The van der Waals surface area contributed by atoms with E-state index in [2.05, 4.69) is 0 Å². The molecule has 1 aromatic heterocycles. The number of rotatable bonds is 9. The molecule has 0 saturated carbocycles. The van der Waals surface area contributed by atoms with Gasteiger partial charge in [-0.05, 0) is 66.8 Å². The summed E-state index contributed by atoms with van der Waals surface area (Å²) in [5.74, 6) is 0.276. The molecular formula is C24H23ClFNO4S2. The summed E-state index contributed by atoms with van der Waals surface area (Å²) in [7, 11) is -3.74. The van der Waals surface area contributed by atoms with Gasteiger partial charge in [0.25, 0.3) is 10.0 Å². The summed E-state index contributed by atoms with van der Waals surface area (Å²) >= 11 is 6.91. The van der Waals surface area contributed by atoms with Crippen LogP contribution >= 0.6 is 22.9 Å². The van der Waals surface area contributed by atoms with Crippen molar-refractivity contribution in [2.24, 2.45) is 0 Å². The van der Waals surface area contributed by atoms with Gasteiger partial charge in [-0.1, -0.05) is 35.9 Å². The average molecular weight is 508 g/mol. The molecule has 4 rings (SSSR count). The Hall–Kier alpha value is -2.26. The van der Waals surface area contributed by atoms with Crippen LogP contribution in [0.1, 0.15) is 30.4 Å². The summed E-state index contributed by atoms with van der Waals surface area (Å²) in [6.45, 7) is 0.644. The summed E-state index contributed by atoms with van der Waals surface area (Å²) in [6, 6.07) is 16.0. The van der Waals surface area contributed by atoms with Crippen molar-refractivity contribution in [1.82, 2.24) is 4.31 Å². The van der Waals surface area contributed by atoms with Crippen molar-refractivity contribution in [1.29, 1.82) is 0 Å². The van der Waals surface area contributed by atoms with Crippen molar-refractivity contribution >= 4 is 38.7 Å². The SMILES string of the molecule is O=C(CCc1cccc(OCc2ccc(F)cc2)c1)[C@@H]1CCCN1S(=O)(=O)c1ccc(Cl)s1. The third-order valence-electron chi connectivity index (χ3n) is 5.56. The number of carbonyl (C=O) groups is 1. The minimum Gasteiger partial charge on any atom is -0.489 e. The summed E-state index contributed by atoms with van der Waals surface area (Å²) in [5, 5.41) is 0. The number of benzene rings is 2. The molecule has 1 aliphatic heterocycles. The number of hydrogen-bond acceptors (Lipinski definition) is 5. The summed E-state index contributed by atoms with van der Waals surface area (Å²) < 4.78 is 46.7. The van der Waals surface area contributed by atoms with Gasteiger partial charge in [0.05, 0.1) is 10.4 Å². The molecular weight excluding hydrogens is 485 g/mol. The largest absolute Gasteiger partial charge is 0.489 e. The quantitative estimate of drug-likeness (QED) is 0.385. The fourth-order valence-electron chi connectivity index (χ4n) is 3.87. The minimum atomic E-state index is -3.74. The van der Waals surface area contributed by atoms with E-state index >= 15 is 0 Å². The second kappa shape index (κ2) is 10.3. The first kappa shape index (κ1) is 23.9. The maximum Gasteiger partial charge on any atom is 0.253 e. The first-order valence-corrected chi connectivity index (χ1v) is 13.2. The number of halogens is 2. The van der Waals surface area contributed by atoms with Crippen LogP contribution < -0.4 is 4.74 Å². The van der Waals surface area contributed by atoms with Gasteiger partial charge in [0.15, 0.2) is 5.78 Å². The molecule has 0 N–H and O–H groups in total. The van der Waals surface area contributed by atoms with Gasteiger partial charge in [-0.3, -0.25) is 4.79 Å². The zero-order valence-corrected chi connectivity index (χ0v) is 20.1. The highest BCUT2D eigenvalue weighted by atomic mass is 35.5. The molecule has 3 aromatic rings. The molecule has 9 heteroatoms. The lowest BCUT2D eigenvalue weighted by atomic mass is 10.0. The Bertz CT molecular complexity index is 1230. The van der Waals surface area contributed by atoms with Crippen molar-refractivity contribution in [3.05, 3.63) is 81.9 Å². The molecule has 174 valence electrons. The van der Waals surface area contributed by atoms with E-state index in [0.29, 0.717) is 42.5 Å². The van der Waals surface area contributed by atoms with Crippen LogP contribution in [0.4, 0.5) is 4.39 Å². The van der Waals surface area contributed by atoms with Gasteiger partial charge < -0.3 is 4.74 Å². The van der Waals surface area contributed by atoms with Gasteiger partial charge in [0.1, 0.15) is 22.4 Å². The van der Waals surface area contributed by atoms with Crippen LogP contribution in [-0.2, 0) is 27.8 Å². The van der Waals surface area contributed by atoms with Crippen LogP contribution in [0.2, 0.25) is 4.34 Å². The summed E-state index contributed by atoms with van der Waals surface area (Å²) in [6.07, 6.45) is 1.91. The van der Waals surface area contributed by atoms with Crippen LogP contribution in [0.15, 0.2) is 64.9 Å². The number of carbonyl (C=O) groups excluding carboxylic acids is 1. The second-order valence-corrected chi connectivity index (χ2v) is 11.7. The molecule has 0 unspecified atom stereocenters. The fraction of sp³-hybridized carbons (Fsp3) is 0.292. The van der Waals surface area contributed by atoms with Crippen LogP contribution in [0.5, 0.6) is 5.75 Å². The Kier molecular flexibility index (Phi) is 7.48. The van der Waals surface area contributed by atoms with E-state index in [4.69, 9.17) is 16.3 Å². The number of thiophene rings is 1. The lowest BCUT2D eigenvalue weighted by Crippen LogP contribution is -2.40. The molecule has 2 heterocycles. The van der Waals surface area contributed by atoms with Crippen molar-refractivity contribution in [2.75, 3.05) is 6.54 Å². The molecule has 0 spiro atoms. The zero-order chi connectivity index (χ0) is 23.4. The second-order valence-electron chi connectivity index (χ2n) is 7.86. The topological polar surface area (TPSA) is 63.7 Å². The van der Waals surface area contributed by atoms with Gasteiger partial charge in [-0.25, -0.2) is 12.8 Å².